The van der Waals surface area contributed by atoms with Gasteiger partial charge in [-0.05, 0) is 18.4 Å². The van der Waals surface area contributed by atoms with E-state index in [0.29, 0.717) is 38.4 Å². The van der Waals surface area contributed by atoms with E-state index in [9.17, 15) is 9.59 Å². The molecule has 17 heavy (non-hydrogen) atoms. The van der Waals surface area contributed by atoms with Gasteiger partial charge in [-0.2, -0.15) is 0 Å². The highest BCUT2D eigenvalue weighted by Crippen LogP contribution is 1.97. The fourth-order valence-corrected chi connectivity index (χ4v) is 1.19. The van der Waals surface area contributed by atoms with Gasteiger partial charge in [0.05, 0.1) is 0 Å². The molecule has 2 amide bonds. The minimum Gasteiger partial charge on any atom is -0.356 e. The number of nitrogens with one attached hydrogen (secondary N) is 2. The monoisotopic (exact) mass is 243 g/mol. The van der Waals surface area contributed by atoms with Gasteiger partial charge in [-0.15, -0.1) is 0 Å². The topological polar surface area (TPSA) is 84.2 Å². The second-order valence-electron chi connectivity index (χ2n) is 4.84. The second kappa shape index (κ2) is 8.98. The number of carbonyl (C=O) groups excluding carboxylic acids is 2. The van der Waals surface area contributed by atoms with E-state index in [2.05, 4.69) is 10.6 Å². The van der Waals surface area contributed by atoms with Gasteiger partial charge in [0.25, 0.3) is 0 Å². The molecule has 100 valence electrons. The Morgan fingerprint density at radius 1 is 1.12 bits per heavy atom. The maximum absolute atomic E-state index is 11.4. The van der Waals surface area contributed by atoms with E-state index >= 15 is 0 Å². The Labute approximate surface area is 104 Å². The molecule has 5 heteroatoms. The predicted octanol–water partition coefficient (Wildman–Crippen LogP) is 0.250. The molecule has 0 aliphatic carbocycles. The van der Waals surface area contributed by atoms with Crippen LogP contribution in [0.1, 0.15) is 33.6 Å². The van der Waals surface area contributed by atoms with Crippen LogP contribution >= 0.6 is 0 Å². The summed E-state index contributed by atoms with van der Waals surface area (Å²) in [7, 11) is 0. The number of hydrogen-bond donors (Lipinski definition) is 3. The second-order valence-corrected chi connectivity index (χ2v) is 4.84. The zero-order valence-electron chi connectivity index (χ0n) is 11.1. The third kappa shape index (κ3) is 9.81. The van der Waals surface area contributed by atoms with E-state index in [1.54, 1.807) is 0 Å². The number of nitrogens with two attached hydrogens (primary N) is 1. The molecule has 0 rings (SSSR count). The summed E-state index contributed by atoms with van der Waals surface area (Å²) in [6.07, 6.45) is 0.750. The lowest BCUT2D eigenvalue weighted by atomic mass is 10.1. The van der Waals surface area contributed by atoms with Crippen LogP contribution in [0.3, 0.4) is 0 Å². The van der Waals surface area contributed by atoms with Crippen molar-refractivity contribution in [2.24, 2.45) is 17.6 Å². The molecule has 0 radical (unpaired) electrons. The lowest BCUT2D eigenvalue weighted by Gasteiger charge is -2.10. The van der Waals surface area contributed by atoms with Crippen molar-refractivity contribution >= 4 is 11.8 Å². The van der Waals surface area contributed by atoms with Gasteiger partial charge in [-0.1, -0.05) is 20.8 Å². The van der Waals surface area contributed by atoms with Crippen molar-refractivity contribution in [1.82, 2.24) is 10.6 Å². The van der Waals surface area contributed by atoms with Crippen molar-refractivity contribution in [3.63, 3.8) is 0 Å². The number of amides is 2. The average molecular weight is 243 g/mol. The Bertz CT molecular complexity index is 242. The van der Waals surface area contributed by atoms with Gasteiger partial charge in [0.1, 0.15) is 0 Å². The third-order valence-corrected chi connectivity index (χ3v) is 2.32. The largest absolute Gasteiger partial charge is 0.356 e. The van der Waals surface area contributed by atoms with Gasteiger partial charge in [0.15, 0.2) is 0 Å². The Kier molecular flexibility index (Phi) is 8.40. The first-order chi connectivity index (χ1) is 7.95. The number of hydrogen-bond acceptors (Lipinski definition) is 3. The van der Waals surface area contributed by atoms with Crippen LogP contribution in [0.4, 0.5) is 0 Å². The Balaban J connectivity index is 3.55. The molecule has 0 bridgehead atoms. The number of carbonyl (C=O) groups is 2. The summed E-state index contributed by atoms with van der Waals surface area (Å²) in [5, 5.41) is 5.51. The van der Waals surface area contributed by atoms with Crippen LogP contribution in [0.25, 0.3) is 0 Å². The Morgan fingerprint density at radius 2 is 1.76 bits per heavy atom. The SMILES string of the molecule is CC(C)CNC(=O)CCNC(=O)CC(C)CN. The van der Waals surface area contributed by atoms with E-state index in [0.717, 1.165) is 0 Å². The fraction of sp³-hybridized carbons (Fsp3) is 0.833. The van der Waals surface area contributed by atoms with E-state index in [-0.39, 0.29) is 17.7 Å². The average Bonchev–Trinajstić information content (AvgIpc) is 2.26. The summed E-state index contributed by atoms with van der Waals surface area (Å²) >= 11 is 0. The van der Waals surface area contributed by atoms with Crippen molar-refractivity contribution in [3.8, 4) is 0 Å². The van der Waals surface area contributed by atoms with Gasteiger partial charge in [-0.3, -0.25) is 9.59 Å². The summed E-state index contributed by atoms with van der Waals surface area (Å²) in [5.41, 5.74) is 5.42. The minimum absolute atomic E-state index is 0.0223. The lowest BCUT2D eigenvalue weighted by molar-refractivity contribution is -0.122. The summed E-state index contributed by atoms with van der Waals surface area (Å²) < 4.78 is 0. The normalized spacial score (nSPS) is 12.3. The molecule has 0 saturated carbocycles. The molecule has 0 heterocycles. The molecule has 0 fully saturated rings. The van der Waals surface area contributed by atoms with Crippen LogP contribution in [0, 0.1) is 11.8 Å². The van der Waals surface area contributed by atoms with Crippen LogP contribution in [-0.2, 0) is 9.59 Å². The van der Waals surface area contributed by atoms with Crippen molar-refractivity contribution in [1.29, 1.82) is 0 Å². The molecule has 0 spiro atoms. The van der Waals surface area contributed by atoms with Crippen LogP contribution in [0.5, 0.6) is 0 Å². The summed E-state index contributed by atoms with van der Waals surface area (Å²) in [5.74, 6) is 0.564. The zero-order chi connectivity index (χ0) is 13.3. The zero-order valence-corrected chi connectivity index (χ0v) is 11.1. The maximum atomic E-state index is 11.4. The van der Waals surface area contributed by atoms with Crippen LogP contribution in [0.2, 0.25) is 0 Å². The van der Waals surface area contributed by atoms with Gasteiger partial charge in [0, 0.05) is 25.9 Å². The van der Waals surface area contributed by atoms with E-state index in [1.165, 1.54) is 0 Å². The van der Waals surface area contributed by atoms with Crippen LogP contribution in [-0.4, -0.2) is 31.4 Å². The molecule has 0 aromatic heterocycles. The van der Waals surface area contributed by atoms with Gasteiger partial charge in [0.2, 0.25) is 11.8 Å². The molecule has 0 aromatic carbocycles. The van der Waals surface area contributed by atoms with Crippen LogP contribution < -0.4 is 16.4 Å². The molecule has 0 aromatic rings. The fourth-order valence-electron chi connectivity index (χ4n) is 1.19. The van der Waals surface area contributed by atoms with Crippen molar-refractivity contribution in [3.05, 3.63) is 0 Å². The highest BCUT2D eigenvalue weighted by atomic mass is 16.2. The smallest absolute Gasteiger partial charge is 0.221 e. The first-order valence-electron chi connectivity index (χ1n) is 6.19. The highest BCUT2D eigenvalue weighted by molar-refractivity contribution is 5.79. The van der Waals surface area contributed by atoms with Gasteiger partial charge >= 0.3 is 0 Å². The summed E-state index contributed by atoms with van der Waals surface area (Å²) in [6, 6.07) is 0. The summed E-state index contributed by atoms with van der Waals surface area (Å²) in [4.78, 5) is 22.7. The van der Waals surface area contributed by atoms with Gasteiger partial charge in [-0.25, -0.2) is 0 Å². The quantitative estimate of drug-likeness (QED) is 0.571. The van der Waals surface area contributed by atoms with E-state index in [4.69, 9.17) is 5.73 Å². The van der Waals surface area contributed by atoms with E-state index < -0.39 is 0 Å². The molecule has 4 N–H and O–H groups in total. The molecular weight excluding hydrogens is 218 g/mol. The Morgan fingerprint density at radius 3 is 2.29 bits per heavy atom. The molecule has 0 aliphatic rings. The van der Waals surface area contributed by atoms with Crippen molar-refractivity contribution < 1.29 is 9.59 Å². The summed E-state index contributed by atoms with van der Waals surface area (Å²) in [6.45, 7) is 7.57. The van der Waals surface area contributed by atoms with Crippen molar-refractivity contribution in [2.45, 2.75) is 33.6 Å². The lowest BCUT2D eigenvalue weighted by Crippen LogP contribution is -2.33. The highest BCUT2D eigenvalue weighted by Gasteiger charge is 2.08. The molecule has 5 nitrogen and oxygen atoms in total. The predicted molar refractivity (Wildman–Crippen MR) is 68.3 cm³/mol. The Hall–Kier alpha value is -1.10. The first kappa shape index (κ1) is 15.9. The molecule has 1 unspecified atom stereocenters. The molecular formula is C12H25N3O2. The van der Waals surface area contributed by atoms with Crippen LogP contribution in [0.15, 0.2) is 0 Å². The molecule has 0 aliphatic heterocycles. The third-order valence-electron chi connectivity index (χ3n) is 2.32. The standard InChI is InChI=1S/C12H25N3O2/c1-9(2)8-15-11(16)4-5-14-12(17)6-10(3)7-13/h9-10H,4-8,13H2,1-3H3,(H,14,17)(H,15,16). The number of rotatable bonds is 8. The van der Waals surface area contributed by atoms with Gasteiger partial charge < -0.3 is 16.4 Å². The molecule has 0 saturated heterocycles. The van der Waals surface area contributed by atoms with E-state index in [1.807, 2.05) is 20.8 Å². The first-order valence-corrected chi connectivity index (χ1v) is 6.19. The minimum atomic E-state index is -0.0420. The maximum Gasteiger partial charge on any atom is 0.221 e. The van der Waals surface area contributed by atoms with Crippen molar-refractivity contribution in [2.75, 3.05) is 19.6 Å². The molecule has 1 atom stereocenters.